The van der Waals surface area contributed by atoms with E-state index in [2.05, 4.69) is 15.2 Å². The van der Waals surface area contributed by atoms with E-state index in [0.717, 1.165) is 0 Å². The summed E-state index contributed by atoms with van der Waals surface area (Å²) in [6, 6.07) is 10.9. The van der Waals surface area contributed by atoms with E-state index in [-0.39, 0.29) is 16.5 Å². The van der Waals surface area contributed by atoms with Crippen molar-refractivity contribution in [3.63, 3.8) is 0 Å². The second kappa shape index (κ2) is 7.29. The molecule has 0 atom stereocenters. The predicted octanol–water partition coefficient (Wildman–Crippen LogP) is 4.31. The van der Waals surface area contributed by atoms with Gasteiger partial charge in [-0.25, -0.2) is 17.9 Å². The number of aromatic amines is 1. The van der Waals surface area contributed by atoms with Crippen molar-refractivity contribution in [2.45, 2.75) is 11.8 Å². The molecule has 27 heavy (non-hydrogen) atoms. The molecule has 7 nitrogen and oxygen atoms in total. The third-order valence-corrected chi connectivity index (χ3v) is 4.78. The lowest BCUT2D eigenvalue weighted by molar-refractivity contribution is 0.459. The van der Waals surface area contributed by atoms with Crippen molar-refractivity contribution < 1.29 is 17.9 Å². The van der Waals surface area contributed by atoms with E-state index >= 15 is 0 Å². The van der Waals surface area contributed by atoms with Crippen molar-refractivity contribution in [3.05, 3.63) is 53.6 Å². The average molecular weight is 388 g/mol. The van der Waals surface area contributed by atoms with Gasteiger partial charge in [0.05, 0.1) is 16.1 Å². The molecular formula is C18H17FN4O3S. The maximum atomic E-state index is 12.8. The fourth-order valence-electron chi connectivity index (χ4n) is 2.58. The molecule has 1 aromatic heterocycles. The van der Waals surface area contributed by atoms with Crippen LogP contribution in [0, 0.1) is 0 Å². The first-order valence-electron chi connectivity index (χ1n) is 7.91. The van der Waals surface area contributed by atoms with E-state index in [9.17, 15) is 17.9 Å². The van der Waals surface area contributed by atoms with Crippen LogP contribution in [0.3, 0.4) is 0 Å². The number of allylic oxidation sites excluding steroid dienone is 1. The van der Waals surface area contributed by atoms with E-state index in [1.54, 1.807) is 31.2 Å². The van der Waals surface area contributed by atoms with Gasteiger partial charge in [-0.1, -0.05) is 18.2 Å². The lowest BCUT2D eigenvalue weighted by Gasteiger charge is -2.01. The highest BCUT2D eigenvalue weighted by Crippen LogP contribution is 2.39. The fourth-order valence-corrected chi connectivity index (χ4v) is 3.09. The van der Waals surface area contributed by atoms with Crippen LogP contribution in [-0.4, -0.2) is 25.2 Å². The Morgan fingerprint density at radius 3 is 2.56 bits per heavy atom. The highest BCUT2D eigenvalue weighted by Gasteiger charge is 2.14. The zero-order chi connectivity index (χ0) is 19.6. The SMILES string of the molecule is C/C(=C/c1cccc2[nH]c(O)c(N=Nc3ccc(S(N)(=O)=O)cc3)c12)CF. The molecule has 0 saturated carbocycles. The highest BCUT2D eigenvalue weighted by molar-refractivity contribution is 7.89. The topological polar surface area (TPSA) is 121 Å². The summed E-state index contributed by atoms with van der Waals surface area (Å²) in [6.45, 7) is 1.08. The van der Waals surface area contributed by atoms with Crippen molar-refractivity contribution in [2.75, 3.05) is 6.67 Å². The van der Waals surface area contributed by atoms with Gasteiger partial charge in [0.1, 0.15) is 6.67 Å². The van der Waals surface area contributed by atoms with Crippen LogP contribution in [0.25, 0.3) is 17.0 Å². The van der Waals surface area contributed by atoms with Gasteiger partial charge in [0.15, 0.2) is 5.69 Å². The van der Waals surface area contributed by atoms with Gasteiger partial charge in [0, 0.05) is 5.39 Å². The number of nitrogens with zero attached hydrogens (tertiary/aromatic N) is 2. The molecule has 140 valence electrons. The number of hydrogen-bond donors (Lipinski definition) is 3. The number of primary sulfonamides is 1. The number of sulfonamides is 1. The largest absolute Gasteiger partial charge is 0.493 e. The number of benzene rings is 2. The molecule has 0 amide bonds. The third-order valence-electron chi connectivity index (χ3n) is 3.85. The maximum absolute atomic E-state index is 12.8. The minimum Gasteiger partial charge on any atom is -0.493 e. The number of halogens is 1. The summed E-state index contributed by atoms with van der Waals surface area (Å²) in [5.74, 6) is -0.173. The smallest absolute Gasteiger partial charge is 0.238 e. The summed E-state index contributed by atoms with van der Waals surface area (Å²) in [4.78, 5) is 2.77. The summed E-state index contributed by atoms with van der Waals surface area (Å²) in [7, 11) is -3.79. The predicted molar refractivity (Wildman–Crippen MR) is 102 cm³/mol. The zero-order valence-corrected chi connectivity index (χ0v) is 15.2. The number of H-pyrrole nitrogens is 1. The van der Waals surface area contributed by atoms with Crippen molar-refractivity contribution in [1.29, 1.82) is 0 Å². The van der Waals surface area contributed by atoms with Crippen LogP contribution in [0.1, 0.15) is 12.5 Å². The number of fused-ring (bicyclic) bond motifs is 1. The molecule has 4 N–H and O–H groups in total. The molecule has 0 bridgehead atoms. The first kappa shape index (κ1) is 18.7. The summed E-state index contributed by atoms with van der Waals surface area (Å²) >= 11 is 0. The summed E-state index contributed by atoms with van der Waals surface area (Å²) < 4.78 is 35.4. The second-order valence-corrected chi connectivity index (χ2v) is 7.52. The van der Waals surface area contributed by atoms with Gasteiger partial charge in [-0.2, -0.15) is 5.11 Å². The first-order chi connectivity index (χ1) is 12.8. The standard InChI is InChI=1S/C18H17FN4O3S/c1-11(10-19)9-12-3-2-4-15-16(12)17(18(24)21-15)23-22-13-5-7-14(8-6-13)27(20,25)26/h2-9,21,24H,10H2,1H3,(H2,20,25,26)/b11-9-,23-22?. The molecule has 9 heteroatoms. The van der Waals surface area contributed by atoms with Crippen LogP contribution >= 0.6 is 0 Å². The van der Waals surface area contributed by atoms with E-state index in [1.807, 2.05) is 0 Å². The average Bonchev–Trinajstić information content (AvgIpc) is 2.95. The monoisotopic (exact) mass is 388 g/mol. The number of hydrogen-bond acceptors (Lipinski definition) is 5. The molecule has 0 unspecified atom stereocenters. The lowest BCUT2D eigenvalue weighted by atomic mass is 10.1. The van der Waals surface area contributed by atoms with Crippen molar-refractivity contribution in [2.24, 2.45) is 15.4 Å². The van der Waals surface area contributed by atoms with Crippen molar-refractivity contribution >= 4 is 38.4 Å². The minimum atomic E-state index is -3.79. The first-order valence-corrected chi connectivity index (χ1v) is 9.45. The van der Waals surface area contributed by atoms with Gasteiger partial charge >= 0.3 is 0 Å². The molecule has 0 aliphatic rings. The Labute approximate surface area is 155 Å². The van der Waals surface area contributed by atoms with Crippen LogP contribution in [0.2, 0.25) is 0 Å². The second-order valence-electron chi connectivity index (χ2n) is 5.96. The molecule has 2 aromatic carbocycles. The summed E-state index contributed by atoms with van der Waals surface area (Å²) in [5, 5.41) is 24.0. The van der Waals surface area contributed by atoms with Gasteiger partial charge < -0.3 is 10.1 Å². The highest BCUT2D eigenvalue weighted by atomic mass is 32.2. The van der Waals surface area contributed by atoms with Crippen molar-refractivity contribution in [1.82, 2.24) is 4.98 Å². The Kier molecular flexibility index (Phi) is 5.06. The quantitative estimate of drug-likeness (QED) is 0.565. The number of azo groups is 1. The maximum Gasteiger partial charge on any atom is 0.238 e. The number of nitrogens with one attached hydrogen (secondary N) is 1. The molecular weight excluding hydrogens is 371 g/mol. The number of aromatic hydroxyl groups is 1. The Balaban J connectivity index is 2.04. The van der Waals surface area contributed by atoms with E-state index in [1.165, 1.54) is 24.3 Å². The van der Waals surface area contributed by atoms with Crippen LogP contribution in [0.15, 0.2) is 63.2 Å². The van der Waals surface area contributed by atoms with E-state index in [4.69, 9.17) is 5.14 Å². The van der Waals surface area contributed by atoms with Gasteiger partial charge in [0.25, 0.3) is 0 Å². The Bertz CT molecular complexity index is 1150. The normalized spacial score (nSPS) is 12.9. The van der Waals surface area contributed by atoms with Gasteiger partial charge in [0.2, 0.25) is 15.9 Å². The van der Waals surface area contributed by atoms with Crippen molar-refractivity contribution in [3.8, 4) is 5.88 Å². The van der Waals surface area contributed by atoms with Crippen LogP contribution in [-0.2, 0) is 10.0 Å². The molecule has 0 spiro atoms. The fraction of sp³-hybridized carbons (Fsp3) is 0.111. The third kappa shape index (κ3) is 4.04. The van der Waals surface area contributed by atoms with Crippen LogP contribution < -0.4 is 5.14 Å². The number of rotatable bonds is 5. The number of aromatic nitrogens is 1. The summed E-state index contributed by atoms with van der Waals surface area (Å²) in [6.07, 6.45) is 1.68. The number of alkyl halides is 1. The number of nitrogens with two attached hydrogens (primary N) is 1. The molecule has 0 aliphatic carbocycles. The zero-order valence-electron chi connectivity index (χ0n) is 14.3. The Hall–Kier alpha value is -3.04. The van der Waals surface area contributed by atoms with E-state index in [0.29, 0.717) is 27.7 Å². The molecule has 3 aromatic rings. The molecule has 0 radical (unpaired) electrons. The summed E-state index contributed by atoms with van der Waals surface area (Å²) in [5.41, 5.74) is 2.44. The molecule has 0 fully saturated rings. The van der Waals surface area contributed by atoms with Gasteiger partial charge in [-0.3, -0.25) is 0 Å². The van der Waals surface area contributed by atoms with Crippen LogP contribution in [0.5, 0.6) is 5.88 Å². The molecule has 0 aliphatic heterocycles. The Morgan fingerprint density at radius 1 is 1.22 bits per heavy atom. The van der Waals surface area contributed by atoms with Gasteiger partial charge in [-0.05, 0) is 48.4 Å². The van der Waals surface area contributed by atoms with Crippen LogP contribution in [0.4, 0.5) is 15.8 Å². The van der Waals surface area contributed by atoms with Gasteiger partial charge in [-0.15, -0.1) is 5.11 Å². The minimum absolute atomic E-state index is 0.0366. The molecule has 1 heterocycles. The Morgan fingerprint density at radius 2 is 1.93 bits per heavy atom. The molecule has 3 rings (SSSR count). The lowest BCUT2D eigenvalue weighted by Crippen LogP contribution is -2.11. The van der Waals surface area contributed by atoms with E-state index < -0.39 is 16.7 Å². The molecule has 0 saturated heterocycles.